The van der Waals surface area contributed by atoms with Gasteiger partial charge in [0, 0.05) is 6.07 Å². The molecule has 0 atom stereocenters. The van der Waals surface area contributed by atoms with Crippen molar-refractivity contribution in [3.05, 3.63) is 57.6 Å². The van der Waals surface area contributed by atoms with Crippen LogP contribution in [0.5, 0.6) is 5.75 Å². The minimum Gasteiger partial charge on any atom is -0.496 e. The molecule has 0 bridgehead atoms. The van der Waals surface area contributed by atoms with Crippen LogP contribution in [0.15, 0.2) is 41.3 Å². The van der Waals surface area contributed by atoms with E-state index in [0.29, 0.717) is 0 Å². The maximum atomic E-state index is 12.6. The number of carbonyl (C=O) groups excluding carboxylic acids is 1. The molecule has 2 aromatic rings. The van der Waals surface area contributed by atoms with Crippen molar-refractivity contribution >= 4 is 39.1 Å². The summed E-state index contributed by atoms with van der Waals surface area (Å²) >= 11 is 12.0. The lowest BCUT2D eigenvalue weighted by atomic mass is 10.0. The van der Waals surface area contributed by atoms with Crippen LogP contribution in [0.3, 0.4) is 0 Å². The summed E-state index contributed by atoms with van der Waals surface area (Å²) < 4.78 is 36.3. The molecule has 22 heavy (non-hydrogen) atoms. The fourth-order valence-electron chi connectivity index (χ4n) is 1.87. The summed E-state index contributed by atoms with van der Waals surface area (Å²) in [5.41, 5.74) is 0.161. The van der Waals surface area contributed by atoms with Gasteiger partial charge < -0.3 is 4.74 Å². The van der Waals surface area contributed by atoms with E-state index in [0.717, 1.165) is 12.1 Å². The number of rotatable bonds is 4. The first-order chi connectivity index (χ1) is 10.3. The standard InChI is InChI=1S/C14H10Cl2O5S/c1-21-12-7-8(22(18,19)20)5-6-9(12)14(17)13-10(15)3-2-4-11(13)16/h2-7H,1H3,(H,18,19,20). The fraction of sp³-hybridized carbons (Fsp3) is 0.0714. The van der Waals surface area contributed by atoms with E-state index in [2.05, 4.69) is 0 Å². The Morgan fingerprint density at radius 3 is 2.23 bits per heavy atom. The molecule has 0 heterocycles. The van der Waals surface area contributed by atoms with Crippen LogP contribution in [0.1, 0.15) is 15.9 Å². The van der Waals surface area contributed by atoms with Crippen molar-refractivity contribution in [2.45, 2.75) is 4.90 Å². The van der Waals surface area contributed by atoms with Gasteiger partial charge in [-0.2, -0.15) is 8.42 Å². The second-order valence-corrected chi connectivity index (χ2v) is 6.50. The number of benzene rings is 2. The Hall–Kier alpha value is -1.60. The van der Waals surface area contributed by atoms with Gasteiger partial charge in [-0.3, -0.25) is 9.35 Å². The summed E-state index contributed by atoms with van der Waals surface area (Å²) in [6, 6.07) is 7.99. The van der Waals surface area contributed by atoms with Crippen LogP contribution in [-0.2, 0) is 10.1 Å². The number of halogens is 2. The summed E-state index contributed by atoms with van der Waals surface area (Å²) in [4.78, 5) is 12.2. The molecule has 0 aliphatic carbocycles. The van der Waals surface area contributed by atoms with E-state index in [1.54, 1.807) is 6.07 Å². The minimum absolute atomic E-state index is 0.0175. The van der Waals surface area contributed by atoms with Gasteiger partial charge in [0.1, 0.15) is 5.75 Å². The highest BCUT2D eigenvalue weighted by molar-refractivity contribution is 7.85. The molecule has 0 aliphatic rings. The molecule has 0 saturated carbocycles. The molecule has 116 valence electrons. The molecule has 1 N–H and O–H groups in total. The Morgan fingerprint density at radius 1 is 1.14 bits per heavy atom. The third-order valence-corrected chi connectivity index (χ3v) is 4.38. The van der Waals surface area contributed by atoms with Crippen molar-refractivity contribution in [2.24, 2.45) is 0 Å². The van der Waals surface area contributed by atoms with Crippen molar-refractivity contribution in [1.29, 1.82) is 0 Å². The van der Waals surface area contributed by atoms with E-state index < -0.39 is 15.9 Å². The molecular weight excluding hydrogens is 351 g/mol. The summed E-state index contributed by atoms with van der Waals surface area (Å²) in [5.74, 6) is -0.537. The molecule has 0 aliphatic heterocycles. The Morgan fingerprint density at radius 2 is 1.73 bits per heavy atom. The van der Waals surface area contributed by atoms with Crippen molar-refractivity contribution < 1.29 is 22.5 Å². The zero-order valence-corrected chi connectivity index (χ0v) is 13.5. The van der Waals surface area contributed by atoms with Crippen molar-refractivity contribution in [1.82, 2.24) is 0 Å². The predicted octanol–water partition coefficient (Wildman–Crippen LogP) is 3.48. The van der Waals surface area contributed by atoms with Gasteiger partial charge in [0.15, 0.2) is 5.78 Å². The quantitative estimate of drug-likeness (QED) is 0.666. The number of hydrogen-bond donors (Lipinski definition) is 1. The first-order valence-corrected chi connectivity index (χ1v) is 8.09. The average Bonchev–Trinajstić information content (AvgIpc) is 2.45. The van der Waals surface area contributed by atoms with E-state index in [1.165, 1.54) is 25.3 Å². The third-order valence-electron chi connectivity index (χ3n) is 2.91. The summed E-state index contributed by atoms with van der Waals surface area (Å²) in [7, 11) is -3.13. The summed E-state index contributed by atoms with van der Waals surface area (Å²) in [6.07, 6.45) is 0. The molecule has 0 amide bonds. The first-order valence-electron chi connectivity index (χ1n) is 5.90. The van der Waals surface area contributed by atoms with Gasteiger partial charge in [0.2, 0.25) is 0 Å². The van der Waals surface area contributed by atoms with Crippen LogP contribution < -0.4 is 4.74 Å². The normalized spacial score (nSPS) is 11.3. The SMILES string of the molecule is COc1cc(S(=O)(=O)O)ccc1C(=O)c1c(Cl)cccc1Cl. The Bertz CT molecular complexity index is 826. The van der Waals surface area contributed by atoms with Gasteiger partial charge >= 0.3 is 0 Å². The maximum absolute atomic E-state index is 12.6. The van der Waals surface area contributed by atoms with Crippen molar-refractivity contribution in [3.8, 4) is 5.75 Å². The summed E-state index contributed by atoms with van der Waals surface area (Å²) in [6.45, 7) is 0. The van der Waals surface area contributed by atoms with Gasteiger partial charge in [0.05, 0.1) is 33.2 Å². The van der Waals surface area contributed by atoms with Crippen LogP contribution in [0.25, 0.3) is 0 Å². The maximum Gasteiger partial charge on any atom is 0.294 e. The van der Waals surface area contributed by atoms with Crippen LogP contribution >= 0.6 is 23.2 Å². The molecule has 0 radical (unpaired) electrons. The van der Waals surface area contributed by atoms with E-state index in [1.807, 2.05) is 0 Å². The highest BCUT2D eigenvalue weighted by Crippen LogP contribution is 2.31. The van der Waals surface area contributed by atoms with Gasteiger partial charge in [-0.1, -0.05) is 29.3 Å². The van der Waals surface area contributed by atoms with Gasteiger partial charge in [-0.05, 0) is 24.3 Å². The van der Waals surface area contributed by atoms with Crippen LogP contribution in [0.2, 0.25) is 10.0 Å². The van der Waals surface area contributed by atoms with Crippen LogP contribution in [-0.4, -0.2) is 25.9 Å². The highest BCUT2D eigenvalue weighted by atomic mass is 35.5. The van der Waals surface area contributed by atoms with Crippen molar-refractivity contribution in [2.75, 3.05) is 7.11 Å². The van der Waals surface area contributed by atoms with E-state index in [9.17, 15) is 13.2 Å². The molecule has 8 heteroatoms. The number of hydrogen-bond acceptors (Lipinski definition) is 4. The molecule has 0 fully saturated rings. The number of ether oxygens (including phenoxy) is 1. The zero-order chi connectivity index (χ0) is 16.5. The number of methoxy groups -OCH3 is 1. The average molecular weight is 361 g/mol. The van der Waals surface area contributed by atoms with E-state index in [-0.39, 0.29) is 31.8 Å². The van der Waals surface area contributed by atoms with Gasteiger partial charge in [0.25, 0.3) is 10.1 Å². The largest absolute Gasteiger partial charge is 0.496 e. The monoisotopic (exact) mass is 360 g/mol. The molecule has 2 rings (SSSR count). The third kappa shape index (κ3) is 3.25. The van der Waals surface area contributed by atoms with E-state index >= 15 is 0 Å². The lowest BCUT2D eigenvalue weighted by molar-refractivity contribution is 0.103. The number of carbonyl (C=O) groups is 1. The molecule has 2 aromatic carbocycles. The second-order valence-electron chi connectivity index (χ2n) is 4.26. The van der Waals surface area contributed by atoms with Crippen LogP contribution in [0, 0.1) is 0 Å². The first kappa shape index (κ1) is 16.8. The predicted molar refractivity (Wildman–Crippen MR) is 82.7 cm³/mol. The van der Waals surface area contributed by atoms with Gasteiger partial charge in [-0.15, -0.1) is 0 Å². The Kier molecular flexibility index (Phi) is 4.77. The Balaban J connectivity index is 2.60. The second kappa shape index (κ2) is 6.26. The topological polar surface area (TPSA) is 80.7 Å². The zero-order valence-electron chi connectivity index (χ0n) is 11.2. The molecule has 0 saturated heterocycles. The van der Waals surface area contributed by atoms with Crippen molar-refractivity contribution in [3.63, 3.8) is 0 Å². The fourth-order valence-corrected chi connectivity index (χ4v) is 2.93. The highest BCUT2D eigenvalue weighted by Gasteiger charge is 2.22. The number of ketones is 1. The molecule has 0 spiro atoms. The molecule has 0 aromatic heterocycles. The summed E-state index contributed by atoms with van der Waals surface area (Å²) in [5, 5.41) is 0.330. The lowest BCUT2D eigenvalue weighted by Gasteiger charge is -2.11. The van der Waals surface area contributed by atoms with E-state index in [4.69, 9.17) is 32.5 Å². The molecular formula is C14H10Cl2O5S. The Labute approximate surface area is 137 Å². The van der Waals surface area contributed by atoms with Gasteiger partial charge in [-0.25, -0.2) is 0 Å². The molecule has 0 unspecified atom stereocenters. The minimum atomic E-state index is -4.40. The smallest absolute Gasteiger partial charge is 0.294 e. The lowest BCUT2D eigenvalue weighted by Crippen LogP contribution is -2.07. The molecule has 5 nitrogen and oxygen atoms in total. The van der Waals surface area contributed by atoms with Crippen LogP contribution in [0.4, 0.5) is 0 Å².